The SMILES string of the molecule is O=C1C=C(Nc2ccc(O)c(Cl)c2)/C(=N/c2ccc(O)c(Cl)c2)C=C1Nc1ccc(O)c(Cl)c1. The first-order chi connectivity index (χ1) is 16.2. The Bertz CT molecular complexity index is 1400. The van der Waals surface area contributed by atoms with Gasteiger partial charge in [-0.25, -0.2) is 4.99 Å². The average Bonchev–Trinajstić information content (AvgIpc) is 2.79. The number of nitrogens with zero attached hydrogens (tertiary/aromatic N) is 1. The van der Waals surface area contributed by atoms with E-state index in [0.717, 1.165) is 0 Å². The molecule has 0 saturated carbocycles. The van der Waals surface area contributed by atoms with Crippen molar-refractivity contribution in [3.63, 3.8) is 0 Å². The van der Waals surface area contributed by atoms with Crippen LogP contribution in [0.3, 0.4) is 0 Å². The first-order valence-corrected chi connectivity index (χ1v) is 10.9. The van der Waals surface area contributed by atoms with Gasteiger partial charge in [-0.1, -0.05) is 34.8 Å². The maximum atomic E-state index is 12.9. The molecule has 0 fully saturated rings. The van der Waals surface area contributed by atoms with Crippen LogP contribution in [-0.4, -0.2) is 26.8 Å². The molecule has 0 saturated heterocycles. The summed E-state index contributed by atoms with van der Waals surface area (Å²) in [4.78, 5) is 17.4. The number of hydrogen-bond acceptors (Lipinski definition) is 7. The summed E-state index contributed by atoms with van der Waals surface area (Å²) >= 11 is 18.0. The van der Waals surface area contributed by atoms with Crippen LogP contribution in [-0.2, 0) is 4.79 Å². The van der Waals surface area contributed by atoms with E-state index in [9.17, 15) is 20.1 Å². The molecule has 0 heterocycles. The van der Waals surface area contributed by atoms with E-state index in [2.05, 4.69) is 15.6 Å². The molecule has 172 valence electrons. The maximum absolute atomic E-state index is 12.9. The Labute approximate surface area is 209 Å². The van der Waals surface area contributed by atoms with Crippen molar-refractivity contribution < 1.29 is 20.1 Å². The number of hydrogen-bond donors (Lipinski definition) is 5. The Kier molecular flexibility index (Phi) is 6.70. The number of anilines is 2. The molecular formula is C24H16Cl3N3O4. The topological polar surface area (TPSA) is 114 Å². The summed E-state index contributed by atoms with van der Waals surface area (Å²) in [6.07, 6.45) is 2.89. The molecule has 5 N–H and O–H groups in total. The predicted molar refractivity (Wildman–Crippen MR) is 135 cm³/mol. The molecule has 4 rings (SSSR count). The normalized spacial score (nSPS) is 14.6. The van der Waals surface area contributed by atoms with Crippen molar-refractivity contribution in [1.82, 2.24) is 0 Å². The van der Waals surface area contributed by atoms with Crippen molar-refractivity contribution in [2.45, 2.75) is 0 Å². The maximum Gasteiger partial charge on any atom is 0.204 e. The number of nitrogens with one attached hydrogen (secondary N) is 2. The third-order valence-electron chi connectivity index (χ3n) is 4.73. The number of aliphatic imine (C=N–C) groups is 1. The van der Waals surface area contributed by atoms with Gasteiger partial charge in [-0.2, -0.15) is 0 Å². The second-order valence-electron chi connectivity index (χ2n) is 7.20. The molecule has 1 aliphatic carbocycles. The Morgan fingerprint density at radius 3 is 1.68 bits per heavy atom. The highest BCUT2D eigenvalue weighted by molar-refractivity contribution is 6.33. The summed E-state index contributed by atoms with van der Waals surface area (Å²) in [5.41, 5.74) is 2.40. The van der Waals surface area contributed by atoms with E-state index in [1.165, 1.54) is 48.6 Å². The number of carbonyl (C=O) groups excluding carboxylic acids is 1. The summed E-state index contributed by atoms with van der Waals surface area (Å²) in [7, 11) is 0. The molecule has 1 aliphatic rings. The van der Waals surface area contributed by atoms with Crippen LogP contribution in [0.2, 0.25) is 15.1 Å². The Balaban J connectivity index is 1.72. The number of rotatable bonds is 5. The summed E-state index contributed by atoms with van der Waals surface area (Å²) in [6, 6.07) is 13.4. The molecule has 0 aromatic heterocycles. The molecule has 3 aromatic rings. The smallest absolute Gasteiger partial charge is 0.204 e. The molecule has 0 amide bonds. The number of phenols is 3. The van der Waals surface area contributed by atoms with E-state index in [-0.39, 0.29) is 43.8 Å². The van der Waals surface area contributed by atoms with Gasteiger partial charge in [0.1, 0.15) is 17.2 Å². The van der Waals surface area contributed by atoms with Crippen LogP contribution in [0.25, 0.3) is 0 Å². The van der Waals surface area contributed by atoms with Crippen molar-refractivity contribution in [2.75, 3.05) is 10.6 Å². The fourth-order valence-electron chi connectivity index (χ4n) is 3.04. The lowest BCUT2D eigenvalue weighted by molar-refractivity contribution is -0.111. The van der Waals surface area contributed by atoms with Crippen molar-refractivity contribution in [3.05, 3.63) is 93.2 Å². The van der Waals surface area contributed by atoms with E-state index in [1.54, 1.807) is 18.2 Å². The Morgan fingerprint density at radius 2 is 1.15 bits per heavy atom. The Hall–Kier alpha value is -3.65. The summed E-state index contributed by atoms with van der Waals surface area (Å²) in [5, 5.41) is 35.4. The number of aromatic hydroxyl groups is 3. The van der Waals surface area contributed by atoms with Crippen LogP contribution in [0.5, 0.6) is 17.2 Å². The molecule has 10 heteroatoms. The molecule has 0 aliphatic heterocycles. The highest BCUT2D eigenvalue weighted by atomic mass is 35.5. The van der Waals surface area contributed by atoms with Crippen LogP contribution < -0.4 is 10.6 Å². The number of phenolic OH excluding ortho intramolecular Hbond substituents is 3. The van der Waals surface area contributed by atoms with E-state index < -0.39 is 0 Å². The molecule has 0 radical (unpaired) electrons. The first-order valence-electron chi connectivity index (χ1n) is 9.76. The van der Waals surface area contributed by atoms with Gasteiger partial charge in [-0.3, -0.25) is 4.79 Å². The molecule has 0 spiro atoms. The van der Waals surface area contributed by atoms with Crippen molar-refractivity contribution in [2.24, 2.45) is 4.99 Å². The fourth-order valence-corrected chi connectivity index (χ4v) is 3.58. The summed E-state index contributed by atoms with van der Waals surface area (Å²) in [6.45, 7) is 0. The molecule has 7 nitrogen and oxygen atoms in total. The quantitative estimate of drug-likeness (QED) is 0.198. The van der Waals surface area contributed by atoms with Crippen LogP contribution in [0.4, 0.5) is 17.1 Å². The molecular weight excluding hydrogens is 501 g/mol. The minimum Gasteiger partial charge on any atom is -0.506 e. The molecule has 0 bridgehead atoms. The number of benzene rings is 3. The zero-order chi connectivity index (χ0) is 24.4. The predicted octanol–water partition coefficient (Wildman–Crippen LogP) is 6.41. The fraction of sp³-hybridized carbons (Fsp3) is 0. The zero-order valence-electron chi connectivity index (χ0n) is 17.2. The number of allylic oxidation sites excluding steroid dienone is 2. The molecule has 0 unspecified atom stereocenters. The van der Waals surface area contributed by atoms with Gasteiger partial charge in [-0.15, -0.1) is 0 Å². The number of carbonyl (C=O) groups is 1. The van der Waals surface area contributed by atoms with Gasteiger partial charge in [0.05, 0.1) is 37.9 Å². The summed E-state index contributed by atoms with van der Waals surface area (Å²) in [5.74, 6) is -0.590. The van der Waals surface area contributed by atoms with E-state index >= 15 is 0 Å². The van der Waals surface area contributed by atoms with Gasteiger partial charge >= 0.3 is 0 Å². The van der Waals surface area contributed by atoms with E-state index in [4.69, 9.17) is 34.8 Å². The lowest BCUT2D eigenvalue weighted by Crippen LogP contribution is -2.22. The lowest BCUT2D eigenvalue weighted by Gasteiger charge is -2.19. The van der Waals surface area contributed by atoms with Crippen molar-refractivity contribution >= 4 is 63.4 Å². The van der Waals surface area contributed by atoms with Gasteiger partial charge in [0.15, 0.2) is 0 Å². The second-order valence-corrected chi connectivity index (χ2v) is 8.42. The minimum absolute atomic E-state index is 0.0764. The third kappa shape index (κ3) is 5.28. The van der Waals surface area contributed by atoms with Crippen LogP contribution in [0.15, 0.2) is 83.1 Å². The average molecular weight is 517 g/mol. The Morgan fingerprint density at radius 1 is 0.647 bits per heavy atom. The minimum atomic E-state index is -0.348. The highest BCUT2D eigenvalue weighted by Crippen LogP contribution is 2.31. The largest absolute Gasteiger partial charge is 0.506 e. The standard InChI is InChI=1S/C24H16Cl3N3O4/c25-15-7-12(1-4-21(15)31)28-18-10-20(30-14-3-6-23(33)17(27)9-14)24(34)11-19(18)29-13-2-5-22(32)16(26)8-13/h1-11,29-33H/b28-18+. The van der Waals surface area contributed by atoms with Crippen LogP contribution >= 0.6 is 34.8 Å². The summed E-state index contributed by atoms with van der Waals surface area (Å²) < 4.78 is 0. The van der Waals surface area contributed by atoms with Gasteiger partial charge in [0, 0.05) is 17.5 Å². The third-order valence-corrected chi connectivity index (χ3v) is 5.64. The highest BCUT2D eigenvalue weighted by Gasteiger charge is 2.20. The molecule has 0 atom stereocenters. The molecule has 34 heavy (non-hydrogen) atoms. The number of ketones is 1. The second kappa shape index (κ2) is 9.69. The van der Waals surface area contributed by atoms with Gasteiger partial charge < -0.3 is 26.0 Å². The monoisotopic (exact) mass is 515 g/mol. The molecule has 3 aromatic carbocycles. The van der Waals surface area contributed by atoms with Gasteiger partial charge in [-0.05, 0) is 60.7 Å². The van der Waals surface area contributed by atoms with Crippen LogP contribution in [0, 0.1) is 0 Å². The van der Waals surface area contributed by atoms with Crippen LogP contribution in [0.1, 0.15) is 0 Å². The number of halogens is 3. The van der Waals surface area contributed by atoms with Crippen molar-refractivity contribution in [1.29, 1.82) is 0 Å². The first kappa shape index (κ1) is 23.5. The zero-order valence-corrected chi connectivity index (χ0v) is 19.4. The van der Waals surface area contributed by atoms with Crippen molar-refractivity contribution in [3.8, 4) is 17.2 Å². The van der Waals surface area contributed by atoms with Gasteiger partial charge in [0.25, 0.3) is 0 Å². The van der Waals surface area contributed by atoms with E-state index in [1.807, 2.05) is 0 Å². The van der Waals surface area contributed by atoms with Gasteiger partial charge in [0.2, 0.25) is 5.78 Å². The van der Waals surface area contributed by atoms with E-state index in [0.29, 0.717) is 28.5 Å². The lowest BCUT2D eigenvalue weighted by atomic mass is 10.0.